The molecule has 1 aliphatic rings. The van der Waals surface area contributed by atoms with Gasteiger partial charge in [0, 0.05) is 30.0 Å². The van der Waals surface area contributed by atoms with Crippen LogP contribution in [0, 0.1) is 0 Å². The van der Waals surface area contributed by atoms with Crippen molar-refractivity contribution in [3.05, 3.63) is 108 Å². The van der Waals surface area contributed by atoms with Crippen molar-refractivity contribution in [3.8, 4) is 11.1 Å². The van der Waals surface area contributed by atoms with Crippen LogP contribution in [-0.4, -0.2) is 47.1 Å². The number of nitrogens with one attached hydrogen (secondary N) is 1. The van der Waals surface area contributed by atoms with Crippen molar-refractivity contribution in [1.82, 2.24) is 5.32 Å². The van der Waals surface area contributed by atoms with Gasteiger partial charge in [-0.2, -0.15) is 11.8 Å². The van der Waals surface area contributed by atoms with Crippen molar-refractivity contribution in [1.29, 1.82) is 0 Å². The minimum Gasteiger partial charge on any atom is -0.445 e. The molecular formula is C31H35NO6S. The van der Waals surface area contributed by atoms with Gasteiger partial charge in [0.05, 0.1) is 25.4 Å². The Morgan fingerprint density at radius 1 is 1.03 bits per heavy atom. The zero-order chi connectivity index (χ0) is 27.5. The quantitative estimate of drug-likeness (QED) is 0.202. The van der Waals surface area contributed by atoms with Crippen LogP contribution in [0.1, 0.15) is 41.1 Å². The second-order valence-electron chi connectivity index (χ2n) is 9.17. The van der Waals surface area contributed by atoms with Gasteiger partial charge in [-0.25, -0.2) is 4.79 Å². The third kappa shape index (κ3) is 8.17. The molecule has 206 valence electrons. The molecule has 1 heterocycles. The number of hydrogen-bond acceptors (Lipinski definition) is 7. The van der Waals surface area contributed by atoms with E-state index in [0.717, 1.165) is 39.1 Å². The molecule has 0 aliphatic carbocycles. The topological polar surface area (TPSA) is 97.3 Å². The first-order valence-electron chi connectivity index (χ1n) is 13.0. The number of rotatable bonds is 12. The van der Waals surface area contributed by atoms with Crippen LogP contribution in [0.4, 0.5) is 4.79 Å². The average Bonchev–Trinajstić information content (AvgIpc) is 2.99. The van der Waals surface area contributed by atoms with Gasteiger partial charge in [0.1, 0.15) is 6.61 Å². The maximum Gasteiger partial charge on any atom is 0.407 e. The normalized spacial score (nSPS) is 18.9. The first kappa shape index (κ1) is 28.9. The highest BCUT2D eigenvalue weighted by molar-refractivity contribution is 7.99. The van der Waals surface area contributed by atoms with Gasteiger partial charge in [-0.1, -0.05) is 85.5 Å². The highest BCUT2D eigenvalue weighted by Gasteiger charge is 2.32. The fourth-order valence-corrected chi connectivity index (χ4v) is 5.20. The fourth-order valence-electron chi connectivity index (χ4n) is 4.43. The zero-order valence-electron chi connectivity index (χ0n) is 21.8. The van der Waals surface area contributed by atoms with E-state index in [9.17, 15) is 15.0 Å². The van der Waals surface area contributed by atoms with E-state index in [1.807, 2.05) is 72.8 Å². The first-order valence-corrected chi connectivity index (χ1v) is 14.2. The molecule has 7 nitrogen and oxygen atoms in total. The second-order valence-corrected chi connectivity index (χ2v) is 10.3. The lowest BCUT2D eigenvalue weighted by atomic mass is 9.98. The molecular weight excluding hydrogens is 514 g/mol. The van der Waals surface area contributed by atoms with E-state index in [1.165, 1.54) is 6.08 Å². The molecule has 1 amide bonds. The van der Waals surface area contributed by atoms with Crippen LogP contribution in [0.25, 0.3) is 11.1 Å². The number of carbonyl (C=O) groups is 1. The molecule has 0 aromatic heterocycles. The van der Waals surface area contributed by atoms with E-state index in [2.05, 4.69) is 11.9 Å². The summed E-state index contributed by atoms with van der Waals surface area (Å²) in [5.41, 5.74) is 5.81. The second kappa shape index (κ2) is 14.9. The summed E-state index contributed by atoms with van der Waals surface area (Å²) >= 11 is 1.67. The number of thioether (sulfide) groups is 1. The zero-order valence-corrected chi connectivity index (χ0v) is 22.6. The van der Waals surface area contributed by atoms with E-state index < -0.39 is 12.4 Å². The van der Waals surface area contributed by atoms with E-state index in [0.29, 0.717) is 18.7 Å². The maximum absolute atomic E-state index is 11.9. The molecule has 3 aromatic carbocycles. The molecule has 4 rings (SSSR count). The largest absolute Gasteiger partial charge is 0.445 e. The van der Waals surface area contributed by atoms with Gasteiger partial charge in [-0.05, 0) is 27.8 Å². The van der Waals surface area contributed by atoms with E-state index in [1.54, 1.807) is 11.8 Å². The van der Waals surface area contributed by atoms with Gasteiger partial charge in [-0.3, -0.25) is 0 Å². The van der Waals surface area contributed by atoms with Crippen molar-refractivity contribution in [2.24, 2.45) is 0 Å². The number of alkyl carbamates (subject to hydrolysis) is 1. The summed E-state index contributed by atoms with van der Waals surface area (Å²) in [6.07, 6.45) is 1.03. The Kier molecular flexibility index (Phi) is 11.0. The first-order chi connectivity index (χ1) is 19.1. The van der Waals surface area contributed by atoms with E-state index in [4.69, 9.17) is 14.2 Å². The molecule has 3 N–H and O–H groups in total. The number of aliphatic hydroxyl groups excluding tert-OH is 2. The molecule has 0 radical (unpaired) electrons. The lowest BCUT2D eigenvalue weighted by Gasteiger charge is -2.36. The maximum atomic E-state index is 11.9. The number of ether oxygens (including phenoxy) is 3. The number of carbonyl (C=O) groups excluding carboxylic acids is 1. The van der Waals surface area contributed by atoms with Crippen molar-refractivity contribution in [3.63, 3.8) is 0 Å². The average molecular weight is 550 g/mol. The van der Waals surface area contributed by atoms with Crippen molar-refractivity contribution < 1.29 is 29.2 Å². The van der Waals surface area contributed by atoms with Crippen LogP contribution in [0.2, 0.25) is 0 Å². The lowest BCUT2D eigenvalue weighted by molar-refractivity contribution is -0.245. The summed E-state index contributed by atoms with van der Waals surface area (Å²) in [5.74, 6) is 1.43. The van der Waals surface area contributed by atoms with Gasteiger partial charge in [0.25, 0.3) is 0 Å². The van der Waals surface area contributed by atoms with Crippen LogP contribution in [0.15, 0.2) is 85.5 Å². The number of benzene rings is 3. The van der Waals surface area contributed by atoms with Crippen molar-refractivity contribution >= 4 is 17.9 Å². The summed E-state index contributed by atoms with van der Waals surface area (Å²) in [7, 11) is 0. The van der Waals surface area contributed by atoms with Crippen LogP contribution < -0.4 is 5.32 Å². The Hall–Kier alpha value is -3.14. The molecule has 8 heteroatoms. The van der Waals surface area contributed by atoms with Gasteiger partial charge in [-0.15, -0.1) is 0 Å². The van der Waals surface area contributed by atoms with Crippen LogP contribution >= 0.6 is 11.8 Å². The standard InChI is InChI=1S/C31H35NO6S/c1-2-16-36-31(35)32-19-26-5-3-4-6-28(26)23-11-13-25(14-12-23)30-37-27(21-39-17-15-33)18-29(38-30)24-9-7-22(20-34)8-10-24/h2-14,27,29-30,33-34H,1,15-21H2,(H,32,35). The fraction of sp³-hybridized carbons (Fsp3) is 0.323. The molecule has 0 bridgehead atoms. The highest BCUT2D eigenvalue weighted by Crippen LogP contribution is 2.39. The van der Waals surface area contributed by atoms with Crippen molar-refractivity contribution in [2.45, 2.75) is 38.1 Å². The predicted octanol–water partition coefficient (Wildman–Crippen LogP) is 5.53. The van der Waals surface area contributed by atoms with Crippen LogP contribution in [0.5, 0.6) is 0 Å². The molecule has 1 aliphatic heterocycles. The van der Waals surface area contributed by atoms with Crippen molar-refractivity contribution in [2.75, 3.05) is 24.7 Å². The number of amides is 1. The van der Waals surface area contributed by atoms with Gasteiger partial charge in [0.15, 0.2) is 6.29 Å². The SMILES string of the molecule is C=CCOC(=O)NCc1ccccc1-c1ccc(C2OC(CSCCO)CC(c3ccc(CO)cc3)O2)cc1. The molecule has 1 fully saturated rings. The van der Waals surface area contributed by atoms with Gasteiger partial charge in [0.2, 0.25) is 0 Å². The minimum atomic E-state index is -0.536. The van der Waals surface area contributed by atoms with E-state index in [-0.39, 0.29) is 32.0 Å². The Balaban J connectivity index is 1.49. The summed E-state index contributed by atoms with van der Waals surface area (Å²) in [6.45, 7) is 4.19. The summed E-state index contributed by atoms with van der Waals surface area (Å²) < 4.78 is 17.8. The molecule has 1 saturated heterocycles. The summed E-state index contributed by atoms with van der Waals surface area (Å²) in [6, 6.07) is 23.8. The Morgan fingerprint density at radius 3 is 2.49 bits per heavy atom. The molecule has 0 saturated carbocycles. The smallest absolute Gasteiger partial charge is 0.407 e. The van der Waals surface area contributed by atoms with Crippen LogP contribution in [-0.2, 0) is 27.4 Å². The third-order valence-corrected chi connectivity index (χ3v) is 7.50. The monoisotopic (exact) mass is 549 g/mol. The summed E-state index contributed by atoms with van der Waals surface area (Å²) in [5, 5.41) is 21.4. The Morgan fingerprint density at radius 2 is 1.77 bits per heavy atom. The predicted molar refractivity (Wildman–Crippen MR) is 153 cm³/mol. The number of hydrogen-bond donors (Lipinski definition) is 3. The molecule has 3 aromatic rings. The molecule has 3 atom stereocenters. The third-order valence-electron chi connectivity index (χ3n) is 6.42. The number of aliphatic hydroxyl groups is 2. The lowest BCUT2D eigenvalue weighted by Crippen LogP contribution is -2.31. The van der Waals surface area contributed by atoms with Gasteiger partial charge >= 0.3 is 6.09 Å². The van der Waals surface area contributed by atoms with E-state index >= 15 is 0 Å². The highest BCUT2D eigenvalue weighted by atomic mass is 32.2. The molecule has 39 heavy (non-hydrogen) atoms. The van der Waals surface area contributed by atoms with Crippen LogP contribution in [0.3, 0.4) is 0 Å². The molecule has 3 unspecified atom stereocenters. The summed E-state index contributed by atoms with van der Waals surface area (Å²) in [4.78, 5) is 11.9. The molecule has 0 spiro atoms. The Labute approximate surface area is 233 Å². The minimum absolute atomic E-state index is 0.00288. The Bertz CT molecular complexity index is 1200. The van der Waals surface area contributed by atoms with Gasteiger partial charge < -0.3 is 29.7 Å².